The fourth-order valence-electron chi connectivity index (χ4n) is 3.49. The van der Waals surface area contributed by atoms with E-state index in [0.717, 1.165) is 24.3 Å². The summed E-state index contributed by atoms with van der Waals surface area (Å²) in [6, 6.07) is 16.1. The molecule has 6 nitrogen and oxygen atoms in total. The van der Waals surface area contributed by atoms with Crippen LogP contribution in [0.1, 0.15) is 21.6 Å². The molecule has 148 valence electrons. The van der Waals surface area contributed by atoms with Gasteiger partial charge in [-0.15, -0.1) is 0 Å². The molecule has 1 aliphatic rings. The van der Waals surface area contributed by atoms with Crippen molar-refractivity contribution < 1.29 is 4.79 Å². The topological polar surface area (TPSA) is 61.4 Å². The molecule has 1 N–H and O–H groups in total. The maximum atomic E-state index is 12.8. The minimum Gasteiger partial charge on any atom is -0.380 e. The van der Waals surface area contributed by atoms with Crippen molar-refractivity contribution in [1.29, 1.82) is 0 Å². The van der Waals surface area contributed by atoms with Crippen molar-refractivity contribution in [1.82, 2.24) is 14.9 Å². The summed E-state index contributed by atoms with van der Waals surface area (Å²) in [6.07, 6.45) is 5.30. The fourth-order valence-corrected chi connectivity index (χ4v) is 3.49. The van der Waals surface area contributed by atoms with Crippen molar-refractivity contribution in [3.05, 3.63) is 83.9 Å². The number of nitrogens with zero attached hydrogens (tertiary/aromatic N) is 4. The average molecular weight is 387 g/mol. The number of anilines is 2. The van der Waals surface area contributed by atoms with Crippen LogP contribution in [0.25, 0.3) is 0 Å². The van der Waals surface area contributed by atoms with Gasteiger partial charge in [-0.05, 0) is 48.4 Å². The van der Waals surface area contributed by atoms with Gasteiger partial charge in [0.2, 0.25) is 0 Å². The van der Waals surface area contributed by atoms with E-state index >= 15 is 0 Å². The first-order chi connectivity index (χ1) is 14.2. The lowest BCUT2D eigenvalue weighted by Crippen LogP contribution is -2.49. The predicted molar refractivity (Wildman–Crippen MR) is 115 cm³/mol. The zero-order valence-corrected chi connectivity index (χ0v) is 16.6. The van der Waals surface area contributed by atoms with Crippen LogP contribution >= 0.6 is 0 Å². The molecule has 0 aliphatic carbocycles. The second-order valence-corrected chi connectivity index (χ2v) is 7.27. The number of hydrogen-bond acceptors (Lipinski definition) is 5. The van der Waals surface area contributed by atoms with Crippen molar-refractivity contribution in [3.63, 3.8) is 0 Å². The van der Waals surface area contributed by atoms with Gasteiger partial charge in [-0.1, -0.05) is 18.2 Å². The molecule has 1 aliphatic heterocycles. The van der Waals surface area contributed by atoms with Crippen LogP contribution in [0.5, 0.6) is 0 Å². The maximum absolute atomic E-state index is 12.8. The zero-order chi connectivity index (χ0) is 20.1. The monoisotopic (exact) mass is 387 g/mol. The smallest absolute Gasteiger partial charge is 0.272 e. The SMILES string of the molecule is Cc1cccc(N2CCN(C(=O)c3ccc(NCc4cccnc4)cn3)CC2)c1. The van der Waals surface area contributed by atoms with Gasteiger partial charge in [0, 0.05) is 50.8 Å². The molecule has 1 amide bonds. The number of carbonyl (C=O) groups is 1. The molecule has 0 saturated carbocycles. The number of amides is 1. The van der Waals surface area contributed by atoms with E-state index in [1.165, 1.54) is 11.3 Å². The summed E-state index contributed by atoms with van der Waals surface area (Å²) in [5, 5.41) is 3.30. The van der Waals surface area contributed by atoms with E-state index in [-0.39, 0.29) is 5.91 Å². The van der Waals surface area contributed by atoms with E-state index in [9.17, 15) is 4.79 Å². The van der Waals surface area contributed by atoms with E-state index in [4.69, 9.17) is 0 Å². The van der Waals surface area contributed by atoms with Crippen LogP contribution in [0.2, 0.25) is 0 Å². The summed E-state index contributed by atoms with van der Waals surface area (Å²) < 4.78 is 0. The molecule has 2 aromatic heterocycles. The van der Waals surface area contributed by atoms with Crippen LogP contribution in [0.4, 0.5) is 11.4 Å². The standard InChI is InChI=1S/C23H25N5O/c1-18-4-2-6-21(14-18)27-10-12-28(13-11-27)23(29)22-8-7-20(17-26-22)25-16-19-5-3-9-24-15-19/h2-9,14-15,17,25H,10-13,16H2,1H3. The minimum absolute atomic E-state index is 0.00676. The molecule has 0 unspecified atom stereocenters. The quantitative estimate of drug-likeness (QED) is 0.727. The first kappa shape index (κ1) is 18.9. The Labute approximate surface area is 171 Å². The lowest BCUT2D eigenvalue weighted by atomic mass is 10.2. The molecule has 3 aromatic rings. The molecule has 1 fully saturated rings. The zero-order valence-electron chi connectivity index (χ0n) is 16.6. The summed E-state index contributed by atoms with van der Waals surface area (Å²) in [5.41, 5.74) is 4.94. The third-order valence-electron chi connectivity index (χ3n) is 5.14. The second kappa shape index (κ2) is 8.73. The van der Waals surface area contributed by atoms with Gasteiger partial charge in [0.05, 0.1) is 11.9 Å². The summed E-state index contributed by atoms with van der Waals surface area (Å²) in [7, 11) is 0. The third-order valence-corrected chi connectivity index (χ3v) is 5.14. The highest BCUT2D eigenvalue weighted by Crippen LogP contribution is 2.19. The van der Waals surface area contributed by atoms with Crippen molar-refractivity contribution in [2.24, 2.45) is 0 Å². The number of piperazine rings is 1. The minimum atomic E-state index is -0.00676. The molecule has 3 heterocycles. The van der Waals surface area contributed by atoms with E-state index in [2.05, 4.69) is 51.4 Å². The van der Waals surface area contributed by atoms with Crippen LogP contribution in [0.3, 0.4) is 0 Å². The lowest BCUT2D eigenvalue weighted by Gasteiger charge is -2.36. The Morgan fingerprint density at radius 3 is 2.59 bits per heavy atom. The second-order valence-electron chi connectivity index (χ2n) is 7.27. The lowest BCUT2D eigenvalue weighted by molar-refractivity contribution is 0.0741. The van der Waals surface area contributed by atoms with Crippen LogP contribution in [0.15, 0.2) is 67.1 Å². The van der Waals surface area contributed by atoms with E-state index < -0.39 is 0 Å². The number of aryl methyl sites for hydroxylation is 1. The number of aromatic nitrogens is 2. The highest BCUT2D eigenvalue weighted by atomic mass is 16.2. The Morgan fingerprint density at radius 2 is 1.90 bits per heavy atom. The largest absolute Gasteiger partial charge is 0.380 e. The van der Waals surface area contributed by atoms with Gasteiger partial charge in [-0.2, -0.15) is 0 Å². The fraction of sp³-hybridized carbons (Fsp3) is 0.261. The van der Waals surface area contributed by atoms with Gasteiger partial charge in [-0.3, -0.25) is 9.78 Å². The molecule has 0 spiro atoms. The molecule has 1 saturated heterocycles. The molecule has 4 rings (SSSR count). The van der Waals surface area contributed by atoms with Crippen LogP contribution < -0.4 is 10.2 Å². The Balaban J connectivity index is 1.31. The summed E-state index contributed by atoms with van der Waals surface area (Å²) in [5.74, 6) is -0.00676. The van der Waals surface area contributed by atoms with Gasteiger partial charge in [-0.25, -0.2) is 4.98 Å². The first-order valence-electron chi connectivity index (χ1n) is 9.89. The summed E-state index contributed by atoms with van der Waals surface area (Å²) in [6.45, 7) is 5.85. The number of pyridine rings is 2. The van der Waals surface area contributed by atoms with Crippen LogP contribution in [0, 0.1) is 6.92 Å². The maximum Gasteiger partial charge on any atom is 0.272 e. The van der Waals surface area contributed by atoms with Gasteiger partial charge >= 0.3 is 0 Å². The molecular formula is C23H25N5O. The van der Waals surface area contributed by atoms with Gasteiger partial charge in [0.15, 0.2) is 0 Å². The van der Waals surface area contributed by atoms with Crippen LogP contribution in [-0.2, 0) is 6.54 Å². The summed E-state index contributed by atoms with van der Waals surface area (Å²) in [4.78, 5) is 25.5. The third kappa shape index (κ3) is 4.71. The molecular weight excluding hydrogens is 362 g/mol. The van der Waals surface area contributed by atoms with E-state index in [1.54, 1.807) is 18.5 Å². The van der Waals surface area contributed by atoms with Crippen LogP contribution in [-0.4, -0.2) is 47.0 Å². The average Bonchev–Trinajstić information content (AvgIpc) is 2.78. The molecule has 1 aromatic carbocycles. The van der Waals surface area contributed by atoms with E-state index in [1.807, 2.05) is 29.3 Å². The molecule has 0 atom stereocenters. The Hall–Kier alpha value is -3.41. The van der Waals surface area contributed by atoms with Crippen molar-refractivity contribution in [2.75, 3.05) is 36.4 Å². The molecule has 0 bridgehead atoms. The highest BCUT2D eigenvalue weighted by molar-refractivity contribution is 5.92. The molecule has 6 heteroatoms. The van der Waals surface area contributed by atoms with Crippen molar-refractivity contribution >= 4 is 17.3 Å². The Bertz CT molecular complexity index is 951. The Morgan fingerprint density at radius 1 is 1.03 bits per heavy atom. The summed E-state index contributed by atoms with van der Waals surface area (Å²) >= 11 is 0. The number of nitrogens with one attached hydrogen (secondary N) is 1. The number of benzene rings is 1. The van der Waals surface area contributed by atoms with Gasteiger partial charge in [0.1, 0.15) is 5.69 Å². The predicted octanol–water partition coefficient (Wildman–Crippen LogP) is 3.36. The Kier molecular flexibility index (Phi) is 5.70. The van der Waals surface area contributed by atoms with Gasteiger partial charge < -0.3 is 15.1 Å². The number of hydrogen-bond donors (Lipinski definition) is 1. The molecule has 29 heavy (non-hydrogen) atoms. The van der Waals surface area contributed by atoms with Crippen molar-refractivity contribution in [3.8, 4) is 0 Å². The van der Waals surface area contributed by atoms with Crippen molar-refractivity contribution in [2.45, 2.75) is 13.5 Å². The highest BCUT2D eigenvalue weighted by Gasteiger charge is 2.23. The molecule has 0 radical (unpaired) electrons. The number of carbonyl (C=O) groups excluding carboxylic acids is 1. The first-order valence-corrected chi connectivity index (χ1v) is 9.89. The van der Waals surface area contributed by atoms with Gasteiger partial charge in [0.25, 0.3) is 5.91 Å². The normalized spacial score (nSPS) is 14.0. The van der Waals surface area contributed by atoms with E-state index in [0.29, 0.717) is 25.3 Å². The number of rotatable bonds is 5.